The topological polar surface area (TPSA) is 76.7 Å². The summed E-state index contributed by atoms with van der Waals surface area (Å²) in [4.78, 5) is 11.5. The number of hydrogen-bond donors (Lipinski definition) is 2. The first-order valence-electron chi connectivity index (χ1n) is 5.54. The smallest absolute Gasteiger partial charge is 0.327 e. The molecule has 0 radical (unpaired) electrons. The molecule has 100 valence electrons. The molecular formula is C12H12F2N4O. The maximum absolute atomic E-state index is 13.3. The van der Waals surface area contributed by atoms with Crippen LogP contribution >= 0.6 is 0 Å². The first-order chi connectivity index (χ1) is 9.15. The first kappa shape index (κ1) is 13.2. The molecule has 0 fully saturated rings. The van der Waals surface area contributed by atoms with Gasteiger partial charge >= 0.3 is 5.69 Å². The maximum atomic E-state index is 13.3. The van der Waals surface area contributed by atoms with Crippen molar-refractivity contribution < 1.29 is 8.78 Å². The van der Waals surface area contributed by atoms with Crippen molar-refractivity contribution in [2.75, 3.05) is 6.54 Å². The number of nitrogens with zero attached hydrogens (tertiary/aromatic N) is 2. The van der Waals surface area contributed by atoms with Crippen molar-refractivity contribution in [2.24, 2.45) is 5.73 Å². The van der Waals surface area contributed by atoms with Crippen LogP contribution in [-0.2, 0) is 6.42 Å². The maximum Gasteiger partial charge on any atom is 0.347 e. The molecule has 2 aromatic rings. The second-order valence-electron chi connectivity index (χ2n) is 3.95. The van der Waals surface area contributed by atoms with Crippen molar-refractivity contribution in [3.8, 4) is 5.69 Å². The van der Waals surface area contributed by atoms with E-state index >= 15 is 0 Å². The van der Waals surface area contributed by atoms with Gasteiger partial charge in [0.1, 0.15) is 12.1 Å². The number of halogens is 2. The molecule has 0 aliphatic carbocycles. The lowest BCUT2D eigenvalue weighted by molar-refractivity contribution is 0.624. The molecule has 0 atom stereocenters. The van der Waals surface area contributed by atoms with Crippen LogP contribution in [0.25, 0.3) is 5.69 Å². The van der Waals surface area contributed by atoms with Crippen LogP contribution in [0, 0.1) is 5.82 Å². The zero-order valence-electron chi connectivity index (χ0n) is 9.94. The minimum Gasteiger partial charge on any atom is -0.327 e. The molecule has 0 saturated heterocycles. The molecule has 7 heteroatoms. The van der Waals surface area contributed by atoms with Crippen LogP contribution in [-0.4, -0.2) is 21.3 Å². The van der Waals surface area contributed by atoms with Gasteiger partial charge in [0, 0.05) is 6.54 Å². The minimum absolute atomic E-state index is 0.0206. The van der Waals surface area contributed by atoms with Crippen LogP contribution in [0.4, 0.5) is 8.78 Å². The zero-order valence-corrected chi connectivity index (χ0v) is 9.94. The Bertz CT molecular complexity index is 660. The second kappa shape index (κ2) is 5.57. The number of H-pyrrole nitrogens is 1. The van der Waals surface area contributed by atoms with Crippen molar-refractivity contribution in [2.45, 2.75) is 6.42 Å². The van der Waals surface area contributed by atoms with Crippen LogP contribution in [0.2, 0.25) is 0 Å². The summed E-state index contributed by atoms with van der Waals surface area (Å²) in [6.45, 7) is 0.0206. The van der Waals surface area contributed by atoms with E-state index in [2.05, 4.69) is 10.2 Å². The fraction of sp³-hybridized carbons (Fsp3) is 0.167. The van der Waals surface area contributed by atoms with Gasteiger partial charge in [-0.05, 0) is 35.8 Å². The Balaban J connectivity index is 2.50. The highest BCUT2D eigenvalue weighted by Gasteiger charge is 2.10. The molecule has 3 N–H and O–H groups in total. The van der Waals surface area contributed by atoms with Gasteiger partial charge < -0.3 is 5.73 Å². The second-order valence-corrected chi connectivity index (χ2v) is 3.95. The van der Waals surface area contributed by atoms with E-state index < -0.39 is 11.5 Å². The quantitative estimate of drug-likeness (QED) is 0.868. The fourth-order valence-electron chi connectivity index (χ4n) is 1.75. The molecule has 0 aliphatic rings. The van der Waals surface area contributed by atoms with Gasteiger partial charge in [0.2, 0.25) is 0 Å². The lowest BCUT2D eigenvalue weighted by Gasteiger charge is -2.10. The summed E-state index contributed by atoms with van der Waals surface area (Å²) in [5.74, 6) is -0.467. The summed E-state index contributed by atoms with van der Waals surface area (Å²) < 4.78 is 27.1. The Hall–Kier alpha value is -2.28. The van der Waals surface area contributed by atoms with E-state index in [4.69, 9.17) is 5.73 Å². The van der Waals surface area contributed by atoms with E-state index in [-0.39, 0.29) is 13.0 Å². The van der Waals surface area contributed by atoms with Gasteiger partial charge in [0.05, 0.1) is 12.0 Å². The lowest BCUT2D eigenvalue weighted by atomic mass is 10.0. The Morgan fingerprint density at radius 3 is 2.89 bits per heavy atom. The first-order valence-corrected chi connectivity index (χ1v) is 5.54. The predicted molar refractivity (Wildman–Crippen MR) is 66.1 cm³/mol. The van der Waals surface area contributed by atoms with Gasteiger partial charge in [0.15, 0.2) is 0 Å². The third-order valence-electron chi connectivity index (χ3n) is 2.69. The van der Waals surface area contributed by atoms with Gasteiger partial charge in [-0.2, -0.15) is 5.10 Å². The van der Waals surface area contributed by atoms with Crippen molar-refractivity contribution in [3.63, 3.8) is 0 Å². The van der Waals surface area contributed by atoms with Gasteiger partial charge in [-0.1, -0.05) is 0 Å². The van der Waals surface area contributed by atoms with E-state index in [1.807, 2.05) is 0 Å². The average Bonchev–Trinajstić information content (AvgIpc) is 2.82. The minimum atomic E-state index is -0.467. The molecule has 1 aromatic heterocycles. The molecule has 1 aromatic carbocycles. The molecule has 1 heterocycles. The molecule has 0 bridgehead atoms. The largest absolute Gasteiger partial charge is 0.347 e. The lowest BCUT2D eigenvalue weighted by Crippen LogP contribution is -2.16. The van der Waals surface area contributed by atoms with Crippen LogP contribution in [0.15, 0.2) is 41.2 Å². The highest BCUT2D eigenvalue weighted by molar-refractivity contribution is 5.43. The summed E-state index contributed by atoms with van der Waals surface area (Å²) in [5.41, 5.74) is 6.13. The molecule has 0 amide bonds. The van der Waals surface area contributed by atoms with Gasteiger partial charge in [0.25, 0.3) is 0 Å². The summed E-state index contributed by atoms with van der Waals surface area (Å²) in [5, 5.41) is 5.84. The third-order valence-corrected chi connectivity index (χ3v) is 2.69. The van der Waals surface area contributed by atoms with Crippen molar-refractivity contribution in [1.29, 1.82) is 0 Å². The SMILES string of the molecule is NC/C(=C/F)Cc1cc(F)ccc1-n1cn[nH]c1=O. The van der Waals surface area contributed by atoms with Crippen molar-refractivity contribution >= 4 is 0 Å². The zero-order chi connectivity index (χ0) is 13.8. The number of benzene rings is 1. The van der Waals surface area contributed by atoms with Crippen LogP contribution < -0.4 is 11.4 Å². The van der Waals surface area contributed by atoms with Crippen LogP contribution in [0.5, 0.6) is 0 Å². The van der Waals surface area contributed by atoms with Crippen LogP contribution in [0.3, 0.4) is 0 Å². The van der Waals surface area contributed by atoms with E-state index in [1.54, 1.807) is 0 Å². The molecule has 19 heavy (non-hydrogen) atoms. The van der Waals surface area contributed by atoms with E-state index in [1.165, 1.54) is 29.1 Å². The average molecular weight is 266 g/mol. The molecule has 0 unspecified atom stereocenters. The number of nitrogens with one attached hydrogen (secondary N) is 1. The van der Waals surface area contributed by atoms with Crippen molar-refractivity contribution in [1.82, 2.24) is 14.8 Å². The van der Waals surface area contributed by atoms with Gasteiger partial charge in [-0.25, -0.2) is 23.2 Å². The summed E-state index contributed by atoms with van der Waals surface area (Å²) in [7, 11) is 0. The summed E-state index contributed by atoms with van der Waals surface area (Å²) >= 11 is 0. The van der Waals surface area contributed by atoms with E-state index in [9.17, 15) is 13.6 Å². The summed E-state index contributed by atoms with van der Waals surface area (Å²) in [6.07, 6.45) is 1.80. The number of aromatic amines is 1. The molecule has 2 rings (SSSR count). The molecule has 5 nitrogen and oxygen atoms in total. The Kier molecular flexibility index (Phi) is 3.86. The monoisotopic (exact) mass is 266 g/mol. The van der Waals surface area contributed by atoms with Gasteiger partial charge in [-0.15, -0.1) is 0 Å². The predicted octanol–water partition coefficient (Wildman–Crippen LogP) is 1.05. The highest BCUT2D eigenvalue weighted by atomic mass is 19.1. The van der Waals surface area contributed by atoms with Crippen molar-refractivity contribution in [3.05, 3.63) is 58.3 Å². The molecular weight excluding hydrogens is 254 g/mol. The number of hydrogen-bond acceptors (Lipinski definition) is 3. The molecule has 0 aliphatic heterocycles. The Morgan fingerprint density at radius 1 is 1.53 bits per heavy atom. The van der Waals surface area contributed by atoms with Crippen LogP contribution in [0.1, 0.15) is 5.56 Å². The number of rotatable bonds is 4. The fourth-order valence-corrected chi connectivity index (χ4v) is 1.75. The summed E-state index contributed by atoms with van der Waals surface area (Å²) in [6, 6.07) is 3.90. The number of nitrogens with two attached hydrogens (primary N) is 1. The molecule has 0 saturated carbocycles. The van der Waals surface area contributed by atoms with Gasteiger partial charge in [-0.3, -0.25) is 0 Å². The molecule has 0 spiro atoms. The van der Waals surface area contributed by atoms with E-state index in [0.717, 1.165) is 0 Å². The standard InChI is InChI=1S/C12H12F2N4O/c13-5-8(6-15)3-9-4-10(14)1-2-11(9)18-7-16-17-12(18)19/h1-2,4-5,7H,3,6,15H2,(H,17,19)/b8-5+. The Labute approximate surface area is 107 Å². The Morgan fingerprint density at radius 2 is 2.32 bits per heavy atom. The number of aromatic nitrogens is 3. The third kappa shape index (κ3) is 2.76. The highest BCUT2D eigenvalue weighted by Crippen LogP contribution is 2.18. The van der Waals surface area contributed by atoms with E-state index in [0.29, 0.717) is 23.2 Å². The normalized spacial score (nSPS) is 11.8.